The number of allylic oxidation sites excluding steroid dienone is 1. The van der Waals surface area contributed by atoms with Gasteiger partial charge in [0.15, 0.2) is 18.1 Å². The number of hydrogen-bond acceptors (Lipinski definition) is 5. The van der Waals surface area contributed by atoms with E-state index in [-0.39, 0.29) is 5.97 Å². The largest absolute Gasteiger partial charge is 0.483 e. The molecule has 1 aliphatic rings. The molecule has 0 amide bonds. The summed E-state index contributed by atoms with van der Waals surface area (Å²) in [6.07, 6.45) is -3.73. The predicted octanol–water partition coefficient (Wildman–Crippen LogP) is 6.17. The van der Waals surface area contributed by atoms with Gasteiger partial charge in [0, 0.05) is 19.0 Å². The maximum atomic E-state index is 12.9. The van der Waals surface area contributed by atoms with Crippen molar-refractivity contribution in [1.29, 1.82) is 0 Å². The first kappa shape index (κ1) is 25.5. The van der Waals surface area contributed by atoms with Gasteiger partial charge in [-0.05, 0) is 62.1 Å². The number of carbonyl (C=O) groups is 1. The molecule has 1 heterocycles. The molecular weight excluding hydrogens is 447 g/mol. The number of hydrogen-bond donors (Lipinski definition) is 0. The van der Waals surface area contributed by atoms with Gasteiger partial charge in [0.1, 0.15) is 5.75 Å². The standard InChI is InChI=1S/C26H30F3NO4/c1-6-22-24(34-25(30(22)4)19-7-11-20(12-8-19)26(27,28)29)17(3)33-21-13-9-18(16(2)15-21)10-14-23(31)32-5/h7-9,11-13,15,17,25H,6,10,14H2,1-5H3. The molecule has 0 aliphatic carbocycles. The van der Waals surface area contributed by atoms with Crippen LogP contribution in [-0.4, -0.2) is 31.1 Å². The molecular formula is C26H30F3NO4. The molecule has 0 bridgehead atoms. The van der Waals surface area contributed by atoms with Crippen LogP contribution in [0.15, 0.2) is 53.9 Å². The van der Waals surface area contributed by atoms with Crippen molar-refractivity contribution in [3.63, 3.8) is 0 Å². The van der Waals surface area contributed by atoms with Gasteiger partial charge in [0.05, 0.1) is 18.4 Å². The third-order valence-corrected chi connectivity index (χ3v) is 5.98. The number of carbonyl (C=O) groups excluding carboxylic acids is 1. The van der Waals surface area contributed by atoms with Gasteiger partial charge in [-0.25, -0.2) is 0 Å². The van der Waals surface area contributed by atoms with Gasteiger partial charge in [-0.2, -0.15) is 13.2 Å². The summed E-state index contributed by atoms with van der Waals surface area (Å²) in [5, 5.41) is 0. The highest BCUT2D eigenvalue weighted by molar-refractivity contribution is 5.69. The third kappa shape index (κ3) is 5.66. The molecule has 0 aromatic heterocycles. The molecule has 2 aromatic carbocycles. The molecule has 184 valence electrons. The SMILES string of the molecule is CCC1=C(C(C)Oc2ccc(CCC(=O)OC)c(C)c2)OC(c2ccc(C(F)(F)F)cc2)N1C. The zero-order valence-corrected chi connectivity index (χ0v) is 20.0. The van der Waals surface area contributed by atoms with Crippen molar-refractivity contribution in [2.75, 3.05) is 14.2 Å². The lowest BCUT2D eigenvalue weighted by Crippen LogP contribution is -2.19. The molecule has 34 heavy (non-hydrogen) atoms. The van der Waals surface area contributed by atoms with Crippen LogP contribution in [0, 0.1) is 6.92 Å². The summed E-state index contributed by atoms with van der Waals surface area (Å²) in [4.78, 5) is 13.3. The van der Waals surface area contributed by atoms with Gasteiger partial charge >= 0.3 is 12.1 Å². The van der Waals surface area contributed by atoms with Crippen LogP contribution >= 0.6 is 0 Å². The summed E-state index contributed by atoms with van der Waals surface area (Å²) in [5.41, 5.74) is 2.92. The molecule has 1 aliphatic heterocycles. The fourth-order valence-corrected chi connectivity index (χ4v) is 4.08. The lowest BCUT2D eigenvalue weighted by atomic mass is 10.0. The van der Waals surface area contributed by atoms with Crippen molar-refractivity contribution < 1.29 is 32.2 Å². The number of alkyl halides is 3. The van der Waals surface area contributed by atoms with Crippen molar-refractivity contribution in [3.8, 4) is 5.75 Å². The Morgan fingerprint density at radius 3 is 2.41 bits per heavy atom. The zero-order chi connectivity index (χ0) is 25.0. The second-order valence-electron chi connectivity index (χ2n) is 8.29. The molecule has 0 fully saturated rings. The second-order valence-corrected chi connectivity index (χ2v) is 8.29. The van der Waals surface area contributed by atoms with E-state index in [9.17, 15) is 18.0 Å². The maximum Gasteiger partial charge on any atom is 0.416 e. The number of benzene rings is 2. The highest BCUT2D eigenvalue weighted by Crippen LogP contribution is 2.39. The number of rotatable bonds is 8. The number of esters is 1. The summed E-state index contributed by atoms with van der Waals surface area (Å²) in [6.45, 7) is 5.84. The highest BCUT2D eigenvalue weighted by Gasteiger charge is 2.35. The summed E-state index contributed by atoms with van der Waals surface area (Å²) in [7, 11) is 3.23. The molecule has 0 radical (unpaired) electrons. The van der Waals surface area contributed by atoms with Crippen LogP contribution in [0.25, 0.3) is 0 Å². The van der Waals surface area contributed by atoms with Gasteiger partial charge in [0.25, 0.3) is 0 Å². The quantitative estimate of drug-likeness (QED) is 0.426. The fourth-order valence-electron chi connectivity index (χ4n) is 4.08. The van der Waals surface area contributed by atoms with E-state index < -0.39 is 24.1 Å². The Hall–Kier alpha value is -3.16. The average molecular weight is 478 g/mol. The highest BCUT2D eigenvalue weighted by atomic mass is 19.4. The first-order valence-corrected chi connectivity index (χ1v) is 11.2. The zero-order valence-electron chi connectivity index (χ0n) is 20.0. The van der Waals surface area contributed by atoms with Crippen molar-refractivity contribution in [2.45, 2.75) is 58.5 Å². The van der Waals surface area contributed by atoms with Crippen molar-refractivity contribution in [1.82, 2.24) is 4.90 Å². The number of nitrogens with zero attached hydrogens (tertiary/aromatic N) is 1. The Labute approximate surface area is 198 Å². The van der Waals surface area contributed by atoms with Gasteiger partial charge in [-0.15, -0.1) is 0 Å². The Bertz CT molecular complexity index is 1050. The Morgan fingerprint density at radius 1 is 1.18 bits per heavy atom. The summed E-state index contributed by atoms with van der Waals surface area (Å²) in [5.74, 6) is 1.07. The minimum atomic E-state index is -4.38. The topological polar surface area (TPSA) is 48.0 Å². The minimum Gasteiger partial charge on any atom is -0.483 e. The van der Waals surface area contributed by atoms with Crippen LogP contribution < -0.4 is 4.74 Å². The summed E-state index contributed by atoms with van der Waals surface area (Å²) < 4.78 is 55.8. The molecule has 2 aromatic rings. The molecule has 0 saturated carbocycles. The predicted molar refractivity (Wildman–Crippen MR) is 122 cm³/mol. The molecule has 8 heteroatoms. The first-order valence-electron chi connectivity index (χ1n) is 11.2. The van der Waals surface area contributed by atoms with Crippen molar-refractivity contribution in [2.24, 2.45) is 0 Å². The minimum absolute atomic E-state index is 0.252. The van der Waals surface area contributed by atoms with Crippen LogP contribution in [0.3, 0.4) is 0 Å². The van der Waals surface area contributed by atoms with Crippen LogP contribution in [0.5, 0.6) is 5.75 Å². The Morgan fingerprint density at radius 2 is 1.85 bits per heavy atom. The molecule has 5 nitrogen and oxygen atoms in total. The monoisotopic (exact) mass is 477 g/mol. The molecule has 2 atom stereocenters. The first-order chi connectivity index (χ1) is 16.0. The normalized spacial score (nSPS) is 16.9. The van der Waals surface area contributed by atoms with Crippen LogP contribution in [-0.2, 0) is 26.9 Å². The van der Waals surface area contributed by atoms with Gasteiger partial charge in [-0.3, -0.25) is 4.79 Å². The van der Waals surface area contributed by atoms with Crippen molar-refractivity contribution in [3.05, 3.63) is 76.2 Å². The second kappa shape index (κ2) is 10.4. The number of methoxy groups -OCH3 is 1. The summed E-state index contributed by atoms with van der Waals surface area (Å²) >= 11 is 0. The van der Waals surface area contributed by atoms with E-state index in [1.165, 1.54) is 19.2 Å². The molecule has 0 saturated heterocycles. The van der Waals surface area contributed by atoms with E-state index >= 15 is 0 Å². The molecule has 0 spiro atoms. The number of ether oxygens (including phenoxy) is 3. The van der Waals surface area contributed by atoms with Gasteiger partial charge in [0.2, 0.25) is 0 Å². The smallest absolute Gasteiger partial charge is 0.416 e. The molecule has 0 N–H and O–H groups in total. The van der Waals surface area contributed by atoms with Gasteiger partial charge < -0.3 is 19.1 Å². The van der Waals surface area contributed by atoms with Gasteiger partial charge in [-0.1, -0.05) is 25.1 Å². The lowest BCUT2D eigenvalue weighted by molar-refractivity contribution is -0.140. The van der Waals surface area contributed by atoms with E-state index in [1.807, 2.05) is 50.9 Å². The fraction of sp³-hybridized carbons (Fsp3) is 0.423. The Balaban J connectivity index is 1.72. The molecule has 2 unspecified atom stereocenters. The Kier molecular flexibility index (Phi) is 7.79. The van der Waals surface area contributed by atoms with Crippen LogP contribution in [0.2, 0.25) is 0 Å². The van der Waals surface area contributed by atoms with E-state index in [4.69, 9.17) is 14.2 Å². The molecule has 3 rings (SSSR count). The third-order valence-electron chi connectivity index (χ3n) is 5.98. The number of aryl methyl sites for hydroxylation is 2. The number of halogens is 3. The van der Waals surface area contributed by atoms with Crippen LogP contribution in [0.4, 0.5) is 13.2 Å². The van der Waals surface area contributed by atoms with Crippen LogP contribution in [0.1, 0.15) is 55.2 Å². The average Bonchev–Trinajstić information content (AvgIpc) is 3.14. The van der Waals surface area contributed by atoms with E-state index in [0.717, 1.165) is 29.0 Å². The maximum absolute atomic E-state index is 12.9. The van der Waals surface area contributed by atoms with E-state index in [0.29, 0.717) is 36.3 Å². The summed E-state index contributed by atoms with van der Waals surface area (Å²) in [6, 6.07) is 10.7. The lowest BCUT2D eigenvalue weighted by Gasteiger charge is -2.23. The van der Waals surface area contributed by atoms with E-state index in [2.05, 4.69) is 0 Å². The van der Waals surface area contributed by atoms with E-state index in [1.54, 1.807) is 0 Å². The van der Waals surface area contributed by atoms with Crippen molar-refractivity contribution >= 4 is 5.97 Å².